The summed E-state index contributed by atoms with van der Waals surface area (Å²) in [6, 6.07) is 0. The van der Waals surface area contributed by atoms with E-state index in [2.05, 4.69) is 5.16 Å². The minimum atomic E-state index is -3.28. The predicted molar refractivity (Wildman–Crippen MR) is 77.7 cm³/mol. The highest BCUT2D eigenvalue weighted by molar-refractivity contribution is 7.89. The van der Waals surface area contributed by atoms with Gasteiger partial charge in [0.15, 0.2) is 0 Å². The smallest absolute Gasteiger partial charge is 0.214 e. The fourth-order valence-corrected chi connectivity index (χ4v) is 3.48. The lowest BCUT2D eigenvalue weighted by Crippen LogP contribution is -2.38. The molecule has 0 radical (unpaired) electrons. The van der Waals surface area contributed by atoms with Gasteiger partial charge in [-0.1, -0.05) is 32.9 Å². The Labute approximate surface area is 116 Å². The number of rotatable bonds is 9. The van der Waals surface area contributed by atoms with Crippen LogP contribution in [0.5, 0.6) is 0 Å². The fourth-order valence-electron chi connectivity index (χ4n) is 1.55. The van der Waals surface area contributed by atoms with E-state index in [9.17, 15) is 8.42 Å². The summed E-state index contributed by atoms with van der Waals surface area (Å²) < 4.78 is 26.0. The molecule has 0 saturated heterocycles. The van der Waals surface area contributed by atoms with Crippen molar-refractivity contribution < 1.29 is 13.6 Å². The fraction of sp³-hybridized carbons (Fsp3) is 0.917. The zero-order chi connectivity index (χ0) is 15.1. The first-order chi connectivity index (χ1) is 8.69. The molecule has 19 heavy (non-hydrogen) atoms. The Hall–Kier alpha value is -0.820. The van der Waals surface area contributed by atoms with Gasteiger partial charge in [0.1, 0.15) is 5.84 Å². The van der Waals surface area contributed by atoms with E-state index in [1.54, 1.807) is 0 Å². The monoisotopic (exact) mass is 293 g/mol. The normalized spacial score (nSPS) is 13.7. The summed E-state index contributed by atoms with van der Waals surface area (Å²) in [5, 5.41) is 11.4. The topological polar surface area (TPSA) is 96.0 Å². The summed E-state index contributed by atoms with van der Waals surface area (Å²) in [5.41, 5.74) is 5.40. The third kappa shape index (κ3) is 8.05. The van der Waals surface area contributed by atoms with Crippen molar-refractivity contribution in [3.63, 3.8) is 0 Å². The van der Waals surface area contributed by atoms with Gasteiger partial charge in [-0.05, 0) is 18.3 Å². The number of oxime groups is 1. The van der Waals surface area contributed by atoms with Crippen LogP contribution in [-0.2, 0) is 10.0 Å². The van der Waals surface area contributed by atoms with E-state index in [4.69, 9.17) is 10.9 Å². The molecule has 0 amide bonds. The quantitative estimate of drug-likeness (QED) is 0.291. The standard InChI is InChI=1S/C12H27N3O3S/c1-10(2)6-8-19(17,18)15(9-11(3)4)7-5-12(13)14-16/h10-11,16H,5-9H2,1-4H3,(H2,13,14). The lowest BCUT2D eigenvalue weighted by atomic mass is 10.2. The number of amidine groups is 1. The van der Waals surface area contributed by atoms with E-state index in [0.29, 0.717) is 18.9 Å². The van der Waals surface area contributed by atoms with Crippen LogP contribution in [-0.4, -0.2) is 42.6 Å². The highest BCUT2D eigenvalue weighted by Gasteiger charge is 2.23. The zero-order valence-electron chi connectivity index (χ0n) is 12.3. The number of sulfonamides is 1. The highest BCUT2D eigenvalue weighted by Crippen LogP contribution is 2.11. The van der Waals surface area contributed by atoms with Crippen molar-refractivity contribution in [2.75, 3.05) is 18.8 Å². The molecule has 0 fully saturated rings. The largest absolute Gasteiger partial charge is 0.409 e. The first-order valence-electron chi connectivity index (χ1n) is 6.63. The van der Waals surface area contributed by atoms with Crippen LogP contribution in [0.4, 0.5) is 0 Å². The molecule has 6 nitrogen and oxygen atoms in total. The van der Waals surface area contributed by atoms with Crippen molar-refractivity contribution in [1.29, 1.82) is 0 Å². The van der Waals surface area contributed by atoms with Gasteiger partial charge in [-0.3, -0.25) is 0 Å². The van der Waals surface area contributed by atoms with Crippen LogP contribution < -0.4 is 5.73 Å². The summed E-state index contributed by atoms with van der Waals surface area (Å²) in [6.07, 6.45) is 0.880. The molecule has 0 rings (SSSR count). The molecule has 114 valence electrons. The van der Waals surface area contributed by atoms with Crippen molar-refractivity contribution in [1.82, 2.24) is 4.31 Å². The molecule has 0 bridgehead atoms. The highest BCUT2D eigenvalue weighted by atomic mass is 32.2. The Morgan fingerprint density at radius 1 is 1.26 bits per heavy atom. The first-order valence-corrected chi connectivity index (χ1v) is 8.24. The third-order valence-corrected chi connectivity index (χ3v) is 4.53. The molecule has 0 aromatic rings. The number of hydrogen-bond acceptors (Lipinski definition) is 4. The van der Waals surface area contributed by atoms with Gasteiger partial charge in [-0.15, -0.1) is 0 Å². The van der Waals surface area contributed by atoms with Crippen LogP contribution in [0.15, 0.2) is 5.16 Å². The van der Waals surface area contributed by atoms with Crippen molar-refractivity contribution in [3.05, 3.63) is 0 Å². The van der Waals surface area contributed by atoms with Gasteiger partial charge in [-0.25, -0.2) is 12.7 Å². The Morgan fingerprint density at radius 3 is 2.26 bits per heavy atom. The molecule has 0 aliphatic rings. The Kier molecular flexibility index (Phi) is 8.01. The molecule has 0 aliphatic heterocycles. The van der Waals surface area contributed by atoms with Gasteiger partial charge in [0.25, 0.3) is 0 Å². The molecule has 0 heterocycles. The predicted octanol–water partition coefficient (Wildman–Crippen LogP) is 1.46. The van der Waals surface area contributed by atoms with Gasteiger partial charge in [0.2, 0.25) is 10.0 Å². The minimum absolute atomic E-state index is 0.0489. The maximum absolute atomic E-state index is 12.3. The molecule has 3 N–H and O–H groups in total. The number of nitrogens with zero attached hydrogens (tertiary/aromatic N) is 2. The Morgan fingerprint density at radius 2 is 1.84 bits per heavy atom. The van der Waals surface area contributed by atoms with Crippen LogP contribution in [0.1, 0.15) is 40.5 Å². The van der Waals surface area contributed by atoms with Gasteiger partial charge in [0.05, 0.1) is 5.75 Å². The lowest BCUT2D eigenvalue weighted by molar-refractivity contribution is 0.314. The first kappa shape index (κ1) is 18.2. The maximum Gasteiger partial charge on any atom is 0.214 e. The molecule has 0 aromatic carbocycles. The van der Waals surface area contributed by atoms with Crippen LogP contribution in [0.3, 0.4) is 0 Å². The molecular formula is C12H27N3O3S. The van der Waals surface area contributed by atoms with Crippen LogP contribution >= 0.6 is 0 Å². The molecule has 0 atom stereocenters. The zero-order valence-corrected chi connectivity index (χ0v) is 13.2. The van der Waals surface area contributed by atoms with Crippen molar-refractivity contribution >= 4 is 15.9 Å². The second-order valence-electron chi connectivity index (χ2n) is 5.59. The second kappa shape index (κ2) is 8.37. The number of hydrogen-bond donors (Lipinski definition) is 2. The average Bonchev–Trinajstić information content (AvgIpc) is 2.31. The molecule has 0 saturated carbocycles. The van der Waals surface area contributed by atoms with Crippen molar-refractivity contribution in [2.45, 2.75) is 40.5 Å². The number of nitrogens with two attached hydrogens (primary N) is 1. The van der Waals surface area contributed by atoms with E-state index >= 15 is 0 Å². The summed E-state index contributed by atoms with van der Waals surface area (Å²) in [5.74, 6) is 0.779. The van der Waals surface area contributed by atoms with Crippen molar-refractivity contribution in [3.8, 4) is 0 Å². The third-order valence-electron chi connectivity index (χ3n) is 2.66. The summed E-state index contributed by atoms with van der Waals surface area (Å²) in [4.78, 5) is 0. The van der Waals surface area contributed by atoms with E-state index in [1.807, 2.05) is 27.7 Å². The van der Waals surface area contributed by atoms with Crippen molar-refractivity contribution in [2.24, 2.45) is 22.7 Å². The molecule has 0 unspecified atom stereocenters. The molecule has 0 aromatic heterocycles. The SMILES string of the molecule is CC(C)CCS(=O)(=O)N(CCC(N)=NO)CC(C)C. The van der Waals surface area contributed by atoms with E-state index in [-0.39, 0.29) is 30.5 Å². The Balaban J connectivity index is 4.72. The van der Waals surface area contributed by atoms with Gasteiger partial charge in [-0.2, -0.15) is 0 Å². The molecule has 0 spiro atoms. The van der Waals surface area contributed by atoms with Crippen LogP contribution in [0.25, 0.3) is 0 Å². The Bertz CT molecular complexity index is 378. The van der Waals surface area contributed by atoms with Gasteiger partial charge < -0.3 is 10.9 Å². The summed E-state index contributed by atoms with van der Waals surface area (Å²) >= 11 is 0. The van der Waals surface area contributed by atoms with Crippen LogP contribution in [0.2, 0.25) is 0 Å². The van der Waals surface area contributed by atoms with Crippen LogP contribution in [0, 0.1) is 11.8 Å². The average molecular weight is 293 g/mol. The van der Waals surface area contributed by atoms with Gasteiger partial charge in [0, 0.05) is 19.5 Å². The van der Waals surface area contributed by atoms with E-state index in [1.165, 1.54) is 4.31 Å². The lowest BCUT2D eigenvalue weighted by Gasteiger charge is -2.24. The van der Waals surface area contributed by atoms with E-state index < -0.39 is 10.0 Å². The van der Waals surface area contributed by atoms with E-state index in [0.717, 1.165) is 0 Å². The second-order valence-corrected chi connectivity index (χ2v) is 7.68. The molecule has 7 heteroatoms. The molecular weight excluding hydrogens is 266 g/mol. The minimum Gasteiger partial charge on any atom is -0.409 e. The summed E-state index contributed by atoms with van der Waals surface area (Å²) in [6.45, 7) is 8.65. The maximum atomic E-state index is 12.3. The molecule has 0 aliphatic carbocycles. The summed E-state index contributed by atoms with van der Waals surface area (Å²) in [7, 11) is -3.28. The van der Waals surface area contributed by atoms with Gasteiger partial charge >= 0.3 is 0 Å².